The van der Waals surface area contributed by atoms with Crippen LogP contribution in [0.4, 0.5) is 5.69 Å². The standard InChI is InChI=1S/C31H38BrN3O4S/c1-4-6-20-33-31(37)29(21-25-10-8-7-9-11-25)34(22-26-12-16-27(32)17-13-26)30(36)23-35(40(3,38)39)28-18-14-24(5-2)15-19-28/h7-19,29H,4-6,20-23H2,1-3H3,(H,33,37). The molecule has 0 bridgehead atoms. The Bertz CT molecular complexity index is 1350. The summed E-state index contributed by atoms with van der Waals surface area (Å²) in [4.78, 5) is 29.2. The number of halogens is 1. The van der Waals surface area contributed by atoms with Crippen LogP contribution in [0.1, 0.15) is 43.4 Å². The first-order valence-corrected chi connectivity index (χ1v) is 16.2. The number of aryl methyl sites for hydroxylation is 1. The molecule has 0 aliphatic carbocycles. The van der Waals surface area contributed by atoms with Crippen LogP contribution < -0.4 is 9.62 Å². The third-order valence-electron chi connectivity index (χ3n) is 6.68. The van der Waals surface area contributed by atoms with Gasteiger partial charge in [-0.25, -0.2) is 8.42 Å². The molecule has 0 aliphatic heterocycles. The van der Waals surface area contributed by atoms with E-state index in [0.717, 1.165) is 51.0 Å². The Morgan fingerprint density at radius 2 is 1.50 bits per heavy atom. The first-order chi connectivity index (χ1) is 19.1. The fourth-order valence-corrected chi connectivity index (χ4v) is 5.47. The van der Waals surface area contributed by atoms with Crippen LogP contribution in [0.2, 0.25) is 0 Å². The van der Waals surface area contributed by atoms with Crippen molar-refractivity contribution in [2.24, 2.45) is 0 Å². The largest absolute Gasteiger partial charge is 0.354 e. The Morgan fingerprint density at radius 3 is 2.08 bits per heavy atom. The van der Waals surface area contributed by atoms with Gasteiger partial charge in [-0.3, -0.25) is 13.9 Å². The van der Waals surface area contributed by atoms with E-state index >= 15 is 0 Å². The molecule has 7 nitrogen and oxygen atoms in total. The van der Waals surface area contributed by atoms with Crippen LogP contribution in [-0.4, -0.2) is 50.5 Å². The Hall–Kier alpha value is -3.17. The minimum Gasteiger partial charge on any atom is -0.354 e. The second-order valence-electron chi connectivity index (χ2n) is 9.79. The average Bonchev–Trinajstić information content (AvgIpc) is 2.94. The first-order valence-electron chi connectivity index (χ1n) is 13.5. The molecule has 1 atom stereocenters. The van der Waals surface area contributed by atoms with Crippen molar-refractivity contribution in [1.29, 1.82) is 0 Å². The second kappa shape index (κ2) is 15.0. The topological polar surface area (TPSA) is 86.8 Å². The molecule has 40 heavy (non-hydrogen) atoms. The number of unbranched alkanes of at least 4 members (excludes halogenated alkanes) is 1. The number of hydrogen-bond acceptors (Lipinski definition) is 4. The molecule has 0 saturated carbocycles. The van der Waals surface area contributed by atoms with Crippen LogP contribution in [0, 0.1) is 0 Å². The molecule has 0 aromatic heterocycles. The molecule has 3 aromatic rings. The monoisotopic (exact) mass is 627 g/mol. The summed E-state index contributed by atoms with van der Waals surface area (Å²) in [6, 6.07) is 23.4. The number of amides is 2. The maximum Gasteiger partial charge on any atom is 0.244 e. The number of sulfonamides is 1. The van der Waals surface area contributed by atoms with E-state index in [1.54, 1.807) is 12.1 Å². The maximum atomic E-state index is 14.1. The summed E-state index contributed by atoms with van der Waals surface area (Å²) in [5.41, 5.74) is 3.20. The van der Waals surface area contributed by atoms with Crippen molar-refractivity contribution in [3.63, 3.8) is 0 Å². The quantitative estimate of drug-likeness (QED) is 0.245. The predicted octanol–water partition coefficient (Wildman–Crippen LogP) is 5.33. The minimum absolute atomic E-state index is 0.150. The molecule has 0 aliphatic rings. The van der Waals surface area contributed by atoms with Crippen molar-refractivity contribution >= 4 is 43.5 Å². The Balaban J connectivity index is 2.01. The Labute approximate surface area is 246 Å². The molecule has 9 heteroatoms. The summed E-state index contributed by atoms with van der Waals surface area (Å²) < 4.78 is 27.8. The number of nitrogens with one attached hydrogen (secondary N) is 1. The fourth-order valence-electron chi connectivity index (χ4n) is 4.36. The molecule has 3 rings (SSSR count). The Kier molecular flexibility index (Phi) is 11.8. The third-order valence-corrected chi connectivity index (χ3v) is 8.35. The summed E-state index contributed by atoms with van der Waals surface area (Å²) in [5.74, 6) is -0.722. The van der Waals surface area contributed by atoms with Gasteiger partial charge in [-0.05, 0) is 53.8 Å². The molecular formula is C31H38BrN3O4S. The van der Waals surface area contributed by atoms with Crippen molar-refractivity contribution in [3.05, 3.63) is 100 Å². The van der Waals surface area contributed by atoms with Gasteiger partial charge in [0.15, 0.2) is 0 Å². The van der Waals surface area contributed by atoms with Crippen molar-refractivity contribution in [2.75, 3.05) is 23.7 Å². The molecular weight excluding hydrogens is 590 g/mol. The van der Waals surface area contributed by atoms with Crippen LogP contribution in [0.15, 0.2) is 83.3 Å². The number of nitrogens with zero attached hydrogens (tertiary/aromatic N) is 2. The van der Waals surface area contributed by atoms with Crippen LogP contribution in [0.5, 0.6) is 0 Å². The van der Waals surface area contributed by atoms with Gasteiger partial charge in [0.05, 0.1) is 11.9 Å². The van der Waals surface area contributed by atoms with Gasteiger partial charge in [-0.2, -0.15) is 0 Å². The summed E-state index contributed by atoms with van der Waals surface area (Å²) in [6.07, 6.45) is 3.94. The van der Waals surface area contributed by atoms with Crippen molar-refractivity contribution in [3.8, 4) is 0 Å². The number of carbonyl (C=O) groups excluding carboxylic acids is 2. The highest BCUT2D eigenvalue weighted by Gasteiger charge is 2.33. The van der Waals surface area contributed by atoms with Gasteiger partial charge in [0.1, 0.15) is 12.6 Å². The van der Waals surface area contributed by atoms with Gasteiger partial charge in [0.25, 0.3) is 0 Å². The van der Waals surface area contributed by atoms with Crippen LogP contribution in [0.25, 0.3) is 0 Å². The molecule has 0 spiro atoms. The van der Waals surface area contributed by atoms with Gasteiger partial charge in [-0.1, -0.05) is 90.8 Å². The SMILES string of the molecule is CCCCNC(=O)C(Cc1ccccc1)N(Cc1ccc(Br)cc1)C(=O)CN(c1ccc(CC)cc1)S(C)(=O)=O. The number of anilines is 1. The molecule has 0 fully saturated rings. The first kappa shape index (κ1) is 31.4. The zero-order valence-corrected chi connectivity index (χ0v) is 25.7. The smallest absolute Gasteiger partial charge is 0.244 e. The second-order valence-corrected chi connectivity index (χ2v) is 12.6. The zero-order valence-electron chi connectivity index (χ0n) is 23.3. The molecule has 3 aromatic carbocycles. The summed E-state index contributed by atoms with van der Waals surface area (Å²) in [6.45, 7) is 4.29. The summed E-state index contributed by atoms with van der Waals surface area (Å²) in [5, 5.41) is 2.99. The number of carbonyl (C=O) groups is 2. The normalized spacial score (nSPS) is 12.0. The highest BCUT2D eigenvalue weighted by atomic mass is 79.9. The highest BCUT2D eigenvalue weighted by Crippen LogP contribution is 2.22. The van der Waals surface area contributed by atoms with E-state index < -0.39 is 28.5 Å². The molecule has 0 saturated heterocycles. The van der Waals surface area contributed by atoms with E-state index in [-0.39, 0.29) is 12.5 Å². The van der Waals surface area contributed by atoms with E-state index in [1.165, 1.54) is 4.90 Å². The lowest BCUT2D eigenvalue weighted by Crippen LogP contribution is -2.53. The fraction of sp³-hybridized carbons (Fsp3) is 0.355. The van der Waals surface area contributed by atoms with E-state index in [0.29, 0.717) is 18.7 Å². The molecule has 0 heterocycles. The zero-order chi connectivity index (χ0) is 29.1. The van der Waals surface area contributed by atoms with Crippen LogP contribution in [-0.2, 0) is 39.0 Å². The molecule has 214 valence electrons. The molecule has 1 N–H and O–H groups in total. The van der Waals surface area contributed by atoms with Gasteiger partial charge >= 0.3 is 0 Å². The lowest BCUT2D eigenvalue weighted by molar-refractivity contribution is -0.140. The van der Waals surface area contributed by atoms with Crippen molar-refractivity contribution in [1.82, 2.24) is 10.2 Å². The summed E-state index contributed by atoms with van der Waals surface area (Å²) in [7, 11) is -3.79. The van der Waals surface area contributed by atoms with Crippen molar-refractivity contribution < 1.29 is 18.0 Å². The predicted molar refractivity (Wildman–Crippen MR) is 165 cm³/mol. The van der Waals surface area contributed by atoms with E-state index in [9.17, 15) is 18.0 Å². The van der Waals surface area contributed by atoms with E-state index in [4.69, 9.17) is 0 Å². The van der Waals surface area contributed by atoms with Gasteiger partial charge in [-0.15, -0.1) is 0 Å². The maximum absolute atomic E-state index is 14.1. The lowest BCUT2D eigenvalue weighted by Gasteiger charge is -2.33. The molecule has 2 amide bonds. The van der Waals surface area contributed by atoms with E-state index in [1.807, 2.05) is 80.6 Å². The number of rotatable bonds is 14. The molecule has 0 radical (unpaired) electrons. The van der Waals surface area contributed by atoms with Gasteiger partial charge in [0, 0.05) is 24.0 Å². The third kappa shape index (κ3) is 9.20. The average molecular weight is 629 g/mol. The van der Waals surface area contributed by atoms with Crippen molar-refractivity contribution in [2.45, 2.75) is 52.1 Å². The molecule has 1 unspecified atom stereocenters. The van der Waals surface area contributed by atoms with Gasteiger partial charge in [0.2, 0.25) is 21.8 Å². The van der Waals surface area contributed by atoms with E-state index in [2.05, 4.69) is 21.2 Å². The number of hydrogen-bond donors (Lipinski definition) is 1. The highest BCUT2D eigenvalue weighted by molar-refractivity contribution is 9.10. The summed E-state index contributed by atoms with van der Waals surface area (Å²) >= 11 is 3.44. The van der Waals surface area contributed by atoms with Crippen LogP contribution in [0.3, 0.4) is 0 Å². The van der Waals surface area contributed by atoms with Gasteiger partial charge < -0.3 is 10.2 Å². The van der Waals surface area contributed by atoms with Crippen LogP contribution >= 0.6 is 15.9 Å². The minimum atomic E-state index is -3.79. The Morgan fingerprint density at radius 1 is 0.875 bits per heavy atom. The lowest BCUT2D eigenvalue weighted by atomic mass is 10.0. The number of benzene rings is 3.